The van der Waals surface area contributed by atoms with E-state index in [4.69, 9.17) is 17.4 Å². The van der Waals surface area contributed by atoms with Gasteiger partial charge in [-0.05, 0) is 12.1 Å². The molecule has 16 heavy (non-hydrogen) atoms. The number of hydrogen-bond donors (Lipinski definition) is 0. The third kappa shape index (κ3) is 4.85. The molecule has 2 rings (SSSR count). The smallest absolute Gasteiger partial charge is 0.378 e. The molecular weight excluding hydrogens is 232 g/mol. The zero-order valence-corrected chi connectivity index (χ0v) is 9.39. The van der Waals surface area contributed by atoms with Crippen LogP contribution < -0.4 is 4.90 Å². The molecule has 1 fully saturated rings. The number of hydrogen-bond acceptors (Lipinski definition) is 6. The van der Waals surface area contributed by atoms with Gasteiger partial charge in [-0.2, -0.15) is 0 Å². The van der Waals surface area contributed by atoms with E-state index in [1.165, 1.54) is 5.69 Å². The van der Waals surface area contributed by atoms with E-state index in [2.05, 4.69) is 16.0 Å². The summed E-state index contributed by atoms with van der Waals surface area (Å²) in [5.74, 6) is 0. The van der Waals surface area contributed by atoms with Gasteiger partial charge in [-0.15, -0.1) is 12.6 Å². The first-order valence-electron chi connectivity index (χ1n) is 4.69. The van der Waals surface area contributed by atoms with Crippen LogP contribution in [0.4, 0.5) is 5.69 Å². The molecule has 0 atom stereocenters. The summed E-state index contributed by atoms with van der Waals surface area (Å²) in [5.41, 5.74) is 1.20. The van der Waals surface area contributed by atoms with Crippen molar-refractivity contribution in [1.29, 1.82) is 0 Å². The zero-order valence-electron chi connectivity index (χ0n) is 8.57. The highest BCUT2D eigenvalue weighted by Crippen LogP contribution is 2.12. The van der Waals surface area contributed by atoms with Crippen LogP contribution in [0.3, 0.4) is 0 Å². The highest BCUT2D eigenvalue weighted by Gasteiger charge is 2.09. The molecule has 6 nitrogen and oxygen atoms in total. The van der Waals surface area contributed by atoms with Crippen molar-refractivity contribution in [2.45, 2.75) is 0 Å². The van der Waals surface area contributed by atoms with Crippen LogP contribution in [0.15, 0.2) is 24.5 Å². The second-order valence-electron chi connectivity index (χ2n) is 3.01. The Balaban J connectivity index is 0.000000280. The molecule has 0 saturated carbocycles. The predicted molar refractivity (Wildman–Crippen MR) is 57.0 cm³/mol. The van der Waals surface area contributed by atoms with Crippen molar-refractivity contribution in [1.82, 2.24) is 4.98 Å². The number of rotatable bonds is 1. The molecule has 1 aliphatic rings. The van der Waals surface area contributed by atoms with Crippen LogP contribution in [-0.4, -0.2) is 43.9 Å². The number of nitrogens with zero attached hydrogens (tertiary/aromatic N) is 2. The van der Waals surface area contributed by atoms with Gasteiger partial charge in [0, 0.05) is 19.3 Å². The Labute approximate surface area is 94.9 Å². The fraction of sp³-hybridized carbons (Fsp3) is 0.444. The summed E-state index contributed by atoms with van der Waals surface area (Å²) in [6, 6.07) is 4.04. The molecule has 1 saturated heterocycles. The van der Waals surface area contributed by atoms with Gasteiger partial charge in [0.15, 0.2) is 0 Å². The van der Waals surface area contributed by atoms with Crippen molar-refractivity contribution >= 4 is 16.3 Å². The van der Waals surface area contributed by atoms with E-state index in [0.717, 1.165) is 26.3 Å². The number of anilines is 1. The Kier molecular flexibility index (Phi) is 5.44. The Morgan fingerprint density at radius 2 is 1.88 bits per heavy atom. The molecule has 7 heteroatoms. The number of ether oxygens (including phenoxy) is 1. The van der Waals surface area contributed by atoms with E-state index in [1.807, 2.05) is 12.3 Å². The lowest BCUT2D eigenvalue weighted by Crippen LogP contribution is -2.36. The molecule has 2 heterocycles. The summed E-state index contributed by atoms with van der Waals surface area (Å²) in [7, 11) is -3.11. The predicted octanol–water partition coefficient (Wildman–Crippen LogP) is -0.0859. The van der Waals surface area contributed by atoms with E-state index < -0.39 is 10.6 Å². The summed E-state index contributed by atoms with van der Waals surface area (Å²) in [6.07, 6.45) is 3.69. The van der Waals surface area contributed by atoms with Gasteiger partial charge in [0.1, 0.15) is 0 Å². The van der Waals surface area contributed by atoms with Crippen LogP contribution in [0.1, 0.15) is 0 Å². The van der Waals surface area contributed by atoms with Crippen molar-refractivity contribution in [3.63, 3.8) is 0 Å². The maximum Gasteiger partial charge on any atom is 0.425 e. The van der Waals surface area contributed by atoms with E-state index in [1.54, 1.807) is 6.20 Å². The van der Waals surface area contributed by atoms with Crippen LogP contribution in [0.25, 0.3) is 0 Å². The Hall–Kier alpha value is -1.47. The fourth-order valence-electron chi connectivity index (χ4n) is 1.36. The number of morpholine rings is 1. The van der Waals surface area contributed by atoms with Gasteiger partial charge >= 0.3 is 10.6 Å². The molecule has 0 unspecified atom stereocenters. The van der Waals surface area contributed by atoms with Gasteiger partial charge in [-0.3, -0.25) is 4.98 Å². The first kappa shape index (κ1) is 12.6. The van der Waals surface area contributed by atoms with Gasteiger partial charge in [-0.1, -0.05) is 0 Å². The lowest BCUT2D eigenvalue weighted by Gasteiger charge is -2.28. The molecule has 0 radical (unpaired) electrons. The van der Waals surface area contributed by atoms with Crippen LogP contribution in [0.5, 0.6) is 0 Å². The molecule has 1 aromatic rings. The van der Waals surface area contributed by atoms with E-state index in [-0.39, 0.29) is 0 Å². The summed E-state index contributed by atoms with van der Waals surface area (Å²) < 4.78 is 30.6. The monoisotopic (exact) mass is 244 g/mol. The molecule has 0 N–H and O–H groups in total. The van der Waals surface area contributed by atoms with E-state index in [0.29, 0.717) is 0 Å². The molecule has 0 spiro atoms. The normalized spacial score (nSPS) is 14.9. The maximum absolute atomic E-state index is 8.44. The summed E-state index contributed by atoms with van der Waals surface area (Å²) in [4.78, 5) is 6.37. The molecule has 1 aliphatic heterocycles. The zero-order chi connectivity index (χ0) is 11.8. The minimum absolute atomic E-state index is 0.828. The number of pyridine rings is 1. The van der Waals surface area contributed by atoms with Crippen molar-refractivity contribution in [3.8, 4) is 0 Å². The van der Waals surface area contributed by atoms with Crippen molar-refractivity contribution in [3.05, 3.63) is 24.5 Å². The SMILES string of the molecule is O=S(=O)=O.c1cncc(N2CCOCC2)c1. The largest absolute Gasteiger partial charge is 0.425 e. The average Bonchev–Trinajstić information content (AvgIpc) is 2.31. The van der Waals surface area contributed by atoms with Crippen LogP contribution >= 0.6 is 0 Å². The Morgan fingerprint density at radius 1 is 1.25 bits per heavy atom. The third-order valence-corrected chi connectivity index (χ3v) is 2.02. The van der Waals surface area contributed by atoms with Crippen molar-refractivity contribution in [2.75, 3.05) is 31.2 Å². The van der Waals surface area contributed by atoms with Crippen LogP contribution in [-0.2, 0) is 15.3 Å². The highest BCUT2D eigenvalue weighted by molar-refractivity contribution is 7.59. The first-order chi connectivity index (χ1) is 7.70. The standard InChI is InChI=1S/C9H12N2O.O3S/c1-2-9(8-10-3-1)11-4-6-12-7-5-11;1-4(2)3/h1-3,8H,4-7H2;. The number of aromatic nitrogens is 1. The molecule has 0 aliphatic carbocycles. The molecule has 0 amide bonds. The summed E-state index contributed by atoms with van der Waals surface area (Å²) in [5, 5.41) is 0. The van der Waals surface area contributed by atoms with Gasteiger partial charge in [0.25, 0.3) is 0 Å². The van der Waals surface area contributed by atoms with Gasteiger partial charge in [-0.25, -0.2) is 0 Å². The first-order valence-corrected chi connectivity index (χ1v) is 5.69. The second kappa shape index (κ2) is 6.91. The second-order valence-corrected chi connectivity index (χ2v) is 3.42. The lowest BCUT2D eigenvalue weighted by atomic mass is 10.3. The fourth-order valence-corrected chi connectivity index (χ4v) is 1.36. The molecule has 0 aromatic carbocycles. The van der Waals surface area contributed by atoms with Crippen LogP contribution in [0, 0.1) is 0 Å². The molecular formula is C9H12N2O4S. The third-order valence-electron chi connectivity index (χ3n) is 2.02. The summed E-state index contributed by atoms with van der Waals surface area (Å²) >= 11 is 0. The average molecular weight is 244 g/mol. The lowest BCUT2D eigenvalue weighted by molar-refractivity contribution is 0.122. The Morgan fingerprint density at radius 3 is 2.38 bits per heavy atom. The van der Waals surface area contributed by atoms with Gasteiger partial charge in [0.2, 0.25) is 0 Å². The minimum atomic E-state index is -3.11. The molecule has 1 aromatic heterocycles. The van der Waals surface area contributed by atoms with Crippen molar-refractivity contribution < 1.29 is 17.4 Å². The van der Waals surface area contributed by atoms with E-state index >= 15 is 0 Å². The van der Waals surface area contributed by atoms with Crippen LogP contribution in [0.2, 0.25) is 0 Å². The maximum atomic E-state index is 8.44. The van der Waals surface area contributed by atoms with Gasteiger partial charge in [0.05, 0.1) is 25.1 Å². The summed E-state index contributed by atoms with van der Waals surface area (Å²) in [6.45, 7) is 3.61. The van der Waals surface area contributed by atoms with E-state index in [9.17, 15) is 0 Å². The topological polar surface area (TPSA) is 76.6 Å². The quantitative estimate of drug-likeness (QED) is 0.687. The van der Waals surface area contributed by atoms with Gasteiger partial charge < -0.3 is 9.64 Å². The molecule has 88 valence electrons. The Bertz CT molecular complexity index is 393. The molecule has 0 bridgehead atoms. The minimum Gasteiger partial charge on any atom is -0.378 e. The van der Waals surface area contributed by atoms with Crippen molar-refractivity contribution in [2.24, 2.45) is 0 Å². The highest BCUT2D eigenvalue weighted by atomic mass is 32.2.